The highest BCUT2D eigenvalue weighted by molar-refractivity contribution is 5.94. The fraction of sp³-hybridized carbons (Fsp3) is 0.385. The van der Waals surface area contributed by atoms with Crippen molar-refractivity contribution in [1.29, 1.82) is 0 Å². The predicted octanol–water partition coefficient (Wildman–Crippen LogP) is 1.73. The number of amides is 1. The van der Waals surface area contributed by atoms with E-state index in [1.54, 1.807) is 24.3 Å². The molecule has 1 aromatic rings. The molecule has 0 atom stereocenters. The van der Waals surface area contributed by atoms with Gasteiger partial charge in [0.05, 0.1) is 13.7 Å². The Morgan fingerprint density at radius 1 is 1.22 bits per heavy atom. The number of ketones is 1. The van der Waals surface area contributed by atoms with Gasteiger partial charge in [0.15, 0.2) is 5.78 Å². The van der Waals surface area contributed by atoms with Crippen molar-refractivity contribution in [2.75, 3.05) is 13.7 Å². The van der Waals surface area contributed by atoms with Crippen LogP contribution in [0.1, 0.15) is 30.1 Å². The van der Waals surface area contributed by atoms with E-state index in [0.717, 1.165) is 0 Å². The van der Waals surface area contributed by atoms with Gasteiger partial charge in [0.2, 0.25) is 5.91 Å². The van der Waals surface area contributed by atoms with Gasteiger partial charge < -0.3 is 4.74 Å². The van der Waals surface area contributed by atoms with Gasteiger partial charge in [-0.25, -0.2) is 5.48 Å². The Morgan fingerprint density at radius 3 is 2.44 bits per heavy atom. The smallest absolute Gasteiger partial charge is 0.243 e. The Hall–Kier alpha value is -1.88. The maximum Gasteiger partial charge on any atom is 0.243 e. The minimum Gasteiger partial charge on any atom is -0.494 e. The van der Waals surface area contributed by atoms with Gasteiger partial charge in [-0.2, -0.15) is 0 Å². The molecular weight excluding hydrogens is 234 g/mol. The monoisotopic (exact) mass is 251 g/mol. The van der Waals surface area contributed by atoms with Crippen LogP contribution in [0, 0.1) is 0 Å². The third kappa shape index (κ3) is 4.97. The van der Waals surface area contributed by atoms with Gasteiger partial charge in [0.25, 0.3) is 0 Å². The summed E-state index contributed by atoms with van der Waals surface area (Å²) in [5.41, 5.74) is 2.89. The predicted molar refractivity (Wildman–Crippen MR) is 66.3 cm³/mol. The lowest BCUT2D eigenvalue weighted by Gasteiger charge is -2.06. The average Bonchev–Trinajstić information content (AvgIpc) is 2.35. The zero-order valence-corrected chi connectivity index (χ0v) is 10.6. The molecule has 0 aliphatic carbocycles. The Balaban J connectivity index is 2.27. The van der Waals surface area contributed by atoms with Gasteiger partial charge >= 0.3 is 0 Å². The molecule has 98 valence electrons. The molecule has 1 amide bonds. The molecule has 0 bridgehead atoms. The molecule has 0 radical (unpaired) electrons. The van der Waals surface area contributed by atoms with Crippen molar-refractivity contribution in [2.24, 2.45) is 0 Å². The second-order valence-corrected chi connectivity index (χ2v) is 3.76. The largest absolute Gasteiger partial charge is 0.494 e. The van der Waals surface area contributed by atoms with E-state index in [1.165, 1.54) is 14.0 Å². The van der Waals surface area contributed by atoms with E-state index < -0.39 is 0 Å². The molecule has 0 saturated carbocycles. The second-order valence-electron chi connectivity index (χ2n) is 3.76. The standard InChI is InChI=1S/C13H17NO4/c1-10(15)11-5-7-12(8-6-11)18-9-3-4-13(16)14-17-2/h5-8H,3-4,9H2,1-2H3,(H,14,16). The van der Waals surface area contributed by atoms with Crippen LogP contribution >= 0.6 is 0 Å². The number of rotatable bonds is 7. The molecule has 0 spiro atoms. The van der Waals surface area contributed by atoms with Crippen molar-refractivity contribution < 1.29 is 19.2 Å². The highest BCUT2D eigenvalue weighted by atomic mass is 16.6. The highest BCUT2D eigenvalue weighted by Gasteiger charge is 2.01. The fourth-order valence-electron chi connectivity index (χ4n) is 1.37. The molecule has 5 heteroatoms. The van der Waals surface area contributed by atoms with Crippen LogP contribution in [0.2, 0.25) is 0 Å². The summed E-state index contributed by atoms with van der Waals surface area (Å²) in [6, 6.07) is 6.92. The lowest BCUT2D eigenvalue weighted by molar-refractivity contribution is -0.131. The molecule has 0 aliphatic heterocycles. The van der Waals surface area contributed by atoms with Crippen molar-refractivity contribution >= 4 is 11.7 Å². The third-order valence-corrected chi connectivity index (χ3v) is 2.29. The number of ether oxygens (including phenoxy) is 1. The first-order valence-electron chi connectivity index (χ1n) is 5.69. The number of carbonyl (C=O) groups excluding carboxylic acids is 2. The highest BCUT2D eigenvalue weighted by Crippen LogP contribution is 2.12. The molecule has 18 heavy (non-hydrogen) atoms. The van der Waals surface area contributed by atoms with E-state index in [9.17, 15) is 9.59 Å². The van der Waals surface area contributed by atoms with Crippen LogP contribution in [0.4, 0.5) is 0 Å². The summed E-state index contributed by atoms with van der Waals surface area (Å²) in [6.45, 7) is 1.96. The molecule has 0 unspecified atom stereocenters. The molecule has 0 aromatic heterocycles. The molecule has 0 aliphatic rings. The quantitative estimate of drug-likeness (QED) is 0.455. The first kappa shape index (κ1) is 14.2. The van der Waals surface area contributed by atoms with Gasteiger partial charge in [-0.3, -0.25) is 14.4 Å². The average molecular weight is 251 g/mol. The van der Waals surface area contributed by atoms with Crippen molar-refractivity contribution in [3.63, 3.8) is 0 Å². The van der Waals surface area contributed by atoms with E-state index in [0.29, 0.717) is 30.8 Å². The van der Waals surface area contributed by atoms with Gasteiger partial charge in [-0.15, -0.1) is 0 Å². The van der Waals surface area contributed by atoms with Crippen LogP contribution < -0.4 is 10.2 Å². The summed E-state index contributed by atoms with van der Waals surface area (Å²) in [7, 11) is 1.39. The van der Waals surface area contributed by atoms with E-state index in [-0.39, 0.29) is 11.7 Å². The molecule has 1 N–H and O–H groups in total. The second kappa shape index (κ2) is 7.45. The van der Waals surface area contributed by atoms with Gasteiger partial charge in [0.1, 0.15) is 5.75 Å². The van der Waals surface area contributed by atoms with Crippen LogP contribution in [-0.4, -0.2) is 25.4 Å². The van der Waals surface area contributed by atoms with Crippen molar-refractivity contribution in [1.82, 2.24) is 5.48 Å². The minimum absolute atomic E-state index is 0.0257. The molecule has 5 nitrogen and oxygen atoms in total. The maximum atomic E-state index is 11.1. The van der Waals surface area contributed by atoms with Crippen molar-refractivity contribution in [3.8, 4) is 5.75 Å². The first-order valence-corrected chi connectivity index (χ1v) is 5.69. The van der Waals surface area contributed by atoms with Gasteiger partial charge in [-0.1, -0.05) is 0 Å². The number of benzene rings is 1. The van der Waals surface area contributed by atoms with Crippen LogP contribution in [0.25, 0.3) is 0 Å². The molecular formula is C13H17NO4. The summed E-state index contributed by atoms with van der Waals surface area (Å²) in [5.74, 6) is 0.540. The van der Waals surface area contributed by atoms with Crippen LogP contribution in [0.5, 0.6) is 5.75 Å². The summed E-state index contributed by atoms with van der Waals surface area (Å²) in [5, 5.41) is 0. The lowest BCUT2D eigenvalue weighted by atomic mass is 10.1. The Kier molecular flexibility index (Phi) is 5.87. The fourth-order valence-corrected chi connectivity index (χ4v) is 1.37. The Bertz CT molecular complexity index is 400. The van der Waals surface area contributed by atoms with E-state index >= 15 is 0 Å². The van der Waals surface area contributed by atoms with Crippen LogP contribution in [0.15, 0.2) is 24.3 Å². The Labute approximate surface area is 106 Å². The number of carbonyl (C=O) groups is 2. The maximum absolute atomic E-state index is 11.1. The third-order valence-electron chi connectivity index (χ3n) is 2.29. The summed E-state index contributed by atoms with van der Waals surface area (Å²) < 4.78 is 5.44. The zero-order chi connectivity index (χ0) is 13.4. The molecule has 1 rings (SSSR count). The molecule has 0 saturated heterocycles. The minimum atomic E-state index is -0.173. The van der Waals surface area contributed by atoms with Gasteiger partial charge in [-0.05, 0) is 37.6 Å². The summed E-state index contributed by atoms with van der Waals surface area (Å²) in [4.78, 5) is 26.6. The number of Topliss-reactive ketones (excluding diaryl/α,β-unsaturated/α-hetero) is 1. The summed E-state index contributed by atoms with van der Waals surface area (Å²) >= 11 is 0. The van der Waals surface area contributed by atoms with Crippen molar-refractivity contribution in [2.45, 2.75) is 19.8 Å². The SMILES string of the molecule is CONC(=O)CCCOc1ccc(C(C)=O)cc1. The first-order chi connectivity index (χ1) is 8.63. The van der Waals surface area contributed by atoms with Crippen molar-refractivity contribution in [3.05, 3.63) is 29.8 Å². The molecule has 0 heterocycles. The van der Waals surface area contributed by atoms with Gasteiger partial charge in [0, 0.05) is 12.0 Å². The molecule has 1 aromatic carbocycles. The van der Waals surface area contributed by atoms with Crippen LogP contribution in [-0.2, 0) is 9.63 Å². The number of hydrogen-bond donors (Lipinski definition) is 1. The van der Waals surface area contributed by atoms with Crippen LogP contribution in [0.3, 0.4) is 0 Å². The van der Waals surface area contributed by atoms with E-state index in [4.69, 9.17) is 4.74 Å². The molecule has 0 fully saturated rings. The normalized spacial score (nSPS) is 9.89. The lowest BCUT2D eigenvalue weighted by Crippen LogP contribution is -2.21. The Morgan fingerprint density at radius 2 is 1.89 bits per heavy atom. The summed E-state index contributed by atoms with van der Waals surface area (Å²) in [6.07, 6.45) is 0.947. The zero-order valence-electron chi connectivity index (χ0n) is 10.6. The number of hydroxylamine groups is 1. The number of nitrogens with one attached hydrogen (secondary N) is 1. The number of hydrogen-bond acceptors (Lipinski definition) is 4. The topological polar surface area (TPSA) is 64.6 Å². The van der Waals surface area contributed by atoms with E-state index in [1.807, 2.05) is 0 Å². The van der Waals surface area contributed by atoms with E-state index in [2.05, 4.69) is 10.3 Å².